The molecule has 0 aliphatic heterocycles. The molecule has 9 rings (SSSR count). The van der Waals surface area contributed by atoms with Crippen LogP contribution in [-0.2, 0) is 0 Å². The Labute approximate surface area is 280 Å². The highest BCUT2D eigenvalue weighted by atomic mass is 16.3. The third-order valence-electron chi connectivity index (χ3n) is 9.51. The lowest BCUT2D eigenvalue weighted by molar-refractivity contribution is 0.669. The lowest BCUT2D eigenvalue weighted by atomic mass is 9.94. The summed E-state index contributed by atoms with van der Waals surface area (Å²) in [6.07, 6.45) is 9.03. The summed E-state index contributed by atoms with van der Waals surface area (Å²) in [5, 5.41) is 4.71. The second kappa shape index (κ2) is 11.9. The van der Waals surface area contributed by atoms with Gasteiger partial charge in [-0.1, -0.05) is 140 Å². The molecule has 0 bridgehead atoms. The van der Waals surface area contributed by atoms with Crippen LogP contribution in [0.15, 0.2) is 180 Å². The van der Waals surface area contributed by atoms with Gasteiger partial charge < -0.3 is 9.32 Å². The van der Waals surface area contributed by atoms with Crippen LogP contribution in [0.25, 0.3) is 60.5 Å². The van der Waals surface area contributed by atoms with Gasteiger partial charge in [0.25, 0.3) is 0 Å². The van der Waals surface area contributed by atoms with E-state index in [-0.39, 0.29) is 0 Å². The van der Waals surface area contributed by atoms with Gasteiger partial charge in [0, 0.05) is 22.1 Å². The van der Waals surface area contributed by atoms with E-state index in [4.69, 9.17) is 4.42 Å². The molecular weight excluding hydrogens is 583 g/mol. The van der Waals surface area contributed by atoms with Gasteiger partial charge in [-0.25, -0.2) is 0 Å². The van der Waals surface area contributed by atoms with Crippen LogP contribution in [-0.4, -0.2) is 0 Å². The van der Waals surface area contributed by atoms with Gasteiger partial charge in [-0.3, -0.25) is 0 Å². The smallest absolute Gasteiger partial charge is 0.159 e. The van der Waals surface area contributed by atoms with Crippen LogP contribution in [0.3, 0.4) is 0 Å². The summed E-state index contributed by atoms with van der Waals surface area (Å²) in [4.78, 5) is 2.33. The molecule has 1 aliphatic carbocycles. The van der Waals surface area contributed by atoms with Gasteiger partial charge in [-0.2, -0.15) is 0 Å². The van der Waals surface area contributed by atoms with Crippen molar-refractivity contribution in [2.45, 2.75) is 12.8 Å². The van der Waals surface area contributed by atoms with Crippen molar-refractivity contribution >= 4 is 55.3 Å². The normalized spacial score (nSPS) is 12.9. The van der Waals surface area contributed by atoms with Gasteiger partial charge in [0.15, 0.2) is 5.58 Å². The maximum atomic E-state index is 6.83. The molecule has 0 saturated carbocycles. The number of rotatable bonds is 6. The zero-order valence-electron chi connectivity index (χ0n) is 26.5. The number of para-hydroxylation sites is 1. The molecule has 0 saturated heterocycles. The minimum absolute atomic E-state index is 0.870. The van der Waals surface area contributed by atoms with Gasteiger partial charge >= 0.3 is 0 Å². The number of nitrogens with zero attached hydrogens (tertiary/aromatic N) is 1. The van der Waals surface area contributed by atoms with E-state index >= 15 is 0 Å². The van der Waals surface area contributed by atoms with Crippen molar-refractivity contribution in [2.24, 2.45) is 0 Å². The first-order valence-corrected chi connectivity index (χ1v) is 16.7. The van der Waals surface area contributed by atoms with Crippen LogP contribution in [0, 0.1) is 0 Å². The van der Waals surface area contributed by atoms with E-state index in [0.29, 0.717) is 0 Å². The van der Waals surface area contributed by atoms with Crippen molar-refractivity contribution in [1.82, 2.24) is 0 Å². The van der Waals surface area contributed by atoms with Gasteiger partial charge in [-0.05, 0) is 93.4 Å². The highest BCUT2D eigenvalue weighted by molar-refractivity contribution is 6.17. The number of benzene rings is 7. The topological polar surface area (TPSA) is 16.4 Å². The molecule has 8 aromatic rings. The first-order chi connectivity index (χ1) is 23.8. The highest BCUT2D eigenvalue weighted by Gasteiger charge is 2.21. The van der Waals surface area contributed by atoms with E-state index in [0.717, 1.165) is 51.8 Å². The van der Waals surface area contributed by atoms with Gasteiger partial charge in [-0.15, -0.1) is 0 Å². The average Bonchev–Trinajstić information content (AvgIpc) is 3.56. The maximum absolute atomic E-state index is 6.83. The minimum Gasteiger partial charge on any atom is -0.454 e. The minimum atomic E-state index is 0.870. The monoisotopic (exact) mass is 615 g/mol. The molecule has 0 amide bonds. The van der Waals surface area contributed by atoms with Crippen LogP contribution in [0.4, 0.5) is 17.1 Å². The predicted octanol–water partition coefficient (Wildman–Crippen LogP) is 13.3. The second-order valence-corrected chi connectivity index (χ2v) is 12.4. The van der Waals surface area contributed by atoms with E-state index in [1.807, 2.05) is 0 Å². The predicted molar refractivity (Wildman–Crippen MR) is 203 cm³/mol. The number of anilines is 3. The fourth-order valence-corrected chi connectivity index (χ4v) is 7.18. The van der Waals surface area contributed by atoms with Gasteiger partial charge in [0.2, 0.25) is 0 Å². The standard InChI is InChI=1S/C46H33NO/c1-3-12-32(13-4-1)34-24-28-37(29-25-34)47(38-30-26-35(27-31-38)33-14-5-2-6-15-33)43-22-10-21-42-45-41(20-11-23-44(45)48-46(42)43)40-19-9-17-36-16-7-8-18-39(36)40/h1,3-5,7-31H,2,6H2. The second-order valence-electron chi connectivity index (χ2n) is 12.4. The van der Waals surface area contributed by atoms with E-state index < -0.39 is 0 Å². The SMILES string of the molecule is C1=CC(c2ccc(N(c3ccc(-c4ccccc4)cc3)c3cccc4c3oc3cccc(-c5cccc6ccccc56)c34)cc2)=CCC1. The highest BCUT2D eigenvalue weighted by Crippen LogP contribution is 2.45. The Hall–Kier alpha value is -6.12. The van der Waals surface area contributed by atoms with Crippen molar-refractivity contribution < 1.29 is 4.42 Å². The first kappa shape index (κ1) is 28.1. The molecule has 0 unspecified atom stereocenters. The third kappa shape index (κ3) is 4.90. The molecule has 0 radical (unpaired) electrons. The molecule has 0 fully saturated rings. The molecule has 1 aromatic heterocycles. The summed E-state index contributed by atoms with van der Waals surface area (Å²) in [6.45, 7) is 0. The van der Waals surface area contributed by atoms with E-state index in [2.05, 4.69) is 181 Å². The molecule has 0 N–H and O–H groups in total. The number of hydrogen-bond acceptors (Lipinski definition) is 2. The molecule has 1 aliphatic rings. The number of allylic oxidation sites excluding steroid dienone is 4. The Bertz CT molecular complexity index is 2480. The zero-order valence-corrected chi connectivity index (χ0v) is 26.5. The quantitative estimate of drug-likeness (QED) is 0.185. The van der Waals surface area contributed by atoms with Crippen molar-refractivity contribution in [3.8, 4) is 22.3 Å². The molecular formula is C46H33NO. The molecule has 0 spiro atoms. The number of fused-ring (bicyclic) bond motifs is 4. The van der Waals surface area contributed by atoms with Gasteiger partial charge in [0.1, 0.15) is 5.58 Å². The summed E-state index contributed by atoms with van der Waals surface area (Å²) in [7, 11) is 0. The molecule has 0 atom stereocenters. The lowest BCUT2D eigenvalue weighted by Crippen LogP contribution is -2.10. The Balaban J connectivity index is 1.23. The molecule has 1 heterocycles. The Morgan fingerprint density at radius 1 is 0.479 bits per heavy atom. The largest absolute Gasteiger partial charge is 0.454 e. The van der Waals surface area contributed by atoms with Gasteiger partial charge in [0.05, 0.1) is 5.69 Å². The lowest BCUT2D eigenvalue weighted by Gasteiger charge is -2.26. The Morgan fingerprint density at radius 2 is 1.12 bits per heavy atom. The zero-order chi connectivity index (χ0) is 31.9. The summed E-state index contributed by atoms with van der Waals surface area (Å²) < 4.78 is 6.83. The van der Waals surface area contributed by atoms with Crippen LogP contribution in [0.2, 0.25) is 0 Å². The summed E-state index contributed by atoms with van der Waals surface area (Å²) in [5.41, 5.74) is 12.2. The fourth-order valence-electron chi connectivity index (χ4n) is 7.18. The molecule has 2 nitrogen and oxygen atoms in total. The van der Waals surface area contributed by atoms with E-state index in [1.165, 1.54) is 44.2 Å². The van der Waals surface area contributed by atoms with E-state index in [1.54, 1.807) is 0 Å². The molecule has 7 aromatic carbocycles. The van der Waals surface area contributed by atoms with Crippen LogP contribution >= 0.6 is 0 Å². The summed E-state index contributed by atoms with van der Waals surface area (Å²) in [6, 6.07) is 56.4. The Morgan fingerprint density at radius 3 is 1.92 bits per heavy atom. The van der Waals surface area contributed by atoms with Crippen molar-refractivity contribution in [2.75, 3.05) is 4.90 Å². The van der Waals surface area contributed by atoms with Crippen molar-refractivity contribution in [3.05, 3.63) is 182 Å². The maximum Gasteiger partial charge on any atom is 0.159 e. The number of hydrogen-bond donors (Lipinski definition) is 0. The van der Waals surface area contributed by atoms with Crippen molar-refractivity contribution in [1.29, 1.82) is 0 Å². The molecule has 2 heteroatoms. The first-order valence-electron chi connectivity index (χ1n) is 16.7. The van der Waals surface area contributed by atoms with E-state index in [9.17, 15) is 0 Å². The Kier molecular flexibility index (Phi) is 6.98. The van der Waals surface area contributed by atoms with Crippen molar-refractivity contribution in [3.63, 3.8) is 0 Å². The average molecular weight is 616 g/mol. The van der Waals surface area contributed by atoms with Crippen LogP contribution in [0.1, 0.15) is 18.4 Å². The van der Waals surface area contributed by atoms with Crippen LogP contribution in [0.5, 0.6) is 0 Å². The number of furan rings is 1. The summed E-state index contributed by atoms with van der Waals surface area (Å²) >= 11 is 0. The summed E-state index contributed by atoms with van der Waals surface area (Å²) in [5.74, 6) is 0. The third-order valence-corrected chi connectivity index (χ3v) is 9.51. The fraction of sp³-hybridized carbons (Fsp3) is 0.0435. The molecule has 48 heavy (non-hydrogen) atoms. The van der Waals surface area contributed by atoms with Crippen LogP contribution < -0.4 is 4.90 Å². The molecule has 228 valence electrons.